The molecule has 0 aromatic carbocycles. The summed E-state index contributed by atoms with van der Waals surface area (Å²) in [4.78, 5) is 10.9. The molecule has 0 aromatic rings. The molecular weight excluding hydrogens is 176 g/mol. The molecule has 0 rings (SSSR count). The average molecular weight is 196 g/mol. The minimum absolute atomic E-state index is 0.268. The van der Waals surface area contributed by atoms with Crippen LogP contribution in [0.2, 0.25) is 0 Å². The Morgan fingerprint density at radius 3 is 2.57 bits per heavy atom. The molecule has 0 aliphatic rings. The Bertz CT molecular complexity index is 214. The molecule has 0 aliphatic heterocycles. The maximum absolute atomic E-state index is 10.9. The van der Waals surface area contributed by atoms with Crippen molar-refractivity contribution in [3.05, 3.63) is 23.8 Å². The summed E-state index contributed by atoms with van der Waals surface area (Å²) in [5, 5.41) is 0. The Morgan fingerprint density at radius 1 is 1.29 bits per heavy atom. The zero-order chi connectivity index (χ0) is 10.8. The summed E-state index contributed by atoms with van der Waals surface area (Å²) in [7, 11) is 0. The van der Waals surface area contributed by atoms with Gasteiger partial charge in [0.1, 0.15) is 0 Å². The third kappa shape index (κ3) is 7.59. The highest BCUT2D eigenvalue weighted by molar-refractivity contribution is 5.82. The van der Waals surface area contributed by atoms with Gasteiger partial charge in [0, 0.05) is 6.08 Å². The van der Waals surface area contributed by atoms with E-state index in [1.54, 1.807) is 13.0 Å². The normalized spacial score (nSPS) is 12.1. The van der Waals surface area contributed by atoms with E-state index in [0.717, 1.165) is 12.0 Å². The molecule has 0 aromatic heterocycles. The number of carbonyl (C=O) groups is 1. The smallest absolute Gasteiger partial charge is 0.330 e. The highest BCUT2D eigenvalue weighted by Crippen LogP contribution is 2.02. The Morgan fingerprint density at radius 2 is 2.00 bits per heavy atom. The molecule has 0 unspecified atom stereocenters. The number of rotatable bonds is 6. The molecule has 0 heterocycles. The SMILES string of the molecule is CCCC/C=C(C)/C=C/C(=O)OCC. The van der Waals surface area contributed by atoms with E-state index in [1.165, 1.54) is 18.9 Å². The molecular formula is C12H20O2. The van der Waals surface area contributed by atoms with E-state index in [0.29, 0.717) is 6.61 Å². The molecule has 0 radical (unpaired) electrons. The van der Waals surface area contributed by atoms with Gasteiger partial charge in [0.15, 0.2) is 0 Å². The molecule has 2 heteroatoms. The number of carbonyl (C=O) groups excluding carboxylic acids is 1. The number of hydrogen-bond acceptors (Lipinski definition) is 2. The molecule has 0 spiro atoms. The molecule has 0 N–H and O–H groups in total. The average Bonchev–Trinajstić information content (AvgIpc) is 2.16. The second kappa shape index (κ2) is 8.54. The summed E-state index contributed by atoms with van der Waals surface area (Å²) in [6, 6.07) is 0. The van der Waals surface area contributed by atoms with E-state index in [2.05, 4.69) is 13.0 Å². The van der Waals surface area contributed by atoms with Crippen LogP contribution in [-0.4, -0.2) is 12.6 Å². The van der Waals surface area contributed by atoms with E-state index >= 15 is 0 Å². The van der Waals surface area contributed by atoms with Crippen LogP contribution >= 0.6 is 0 Å². The maximum Gasteiger partial charge on any atom is 0.330 e. The van der Waals surface area contributed by atoms with E-state index in [4.69, 9.17) is 4.74 Å². The predicted molar refractivity (Wildman–Crippen MR) is 59.1 cm³/mol. The number of unbranched alkanes of at least 4 members (excludes halogenated alkanes) is 2. The first-order valence-electron chi connectivity index (χ1n) is 5.22. The maximum atomic E-state index is 10.9. The highest BCUT2D eigenvalue weighted by atomic mass is 16.5. The fourth-order valence-corrected chi connectivity index (χ4v) is 0.992. The summed E-state index contributed by atoms with van der Waals surface area (Å²) in [6.45, 7) is 6.39. The van der Waals surface area contributed by atoms with Gasteiger partial charge in [-0.05, 0) is 20.3 Å². The first kappa shape index (κ1) is 12.9. The minimum Gasteiger partial charge on any atom is -0.463 e. The predicted octanol–water partition coefficient (Wildman–Crippen LogP) is 3.24. The largest absolute Gasteiger partial charge is 0.463 e. The summed E-state index contributed by atoms with van der Waals surface area (Å²) < 4.78 is 4.76. The summed E-state index contributed by atoms with van der Waals surface area (Å²) >= 11 is 0. The standard InChI is InChI=1S/C12H20O2/c1-4-6-7-8-11(3)9-10-12(13)14-5-2/h8-10H,4-7H2,1-3H3/b10-9+,11-8+. The van der Waals surface area contributed by atoms with E-state index in [9.17, 15) is 4.79 Å². The van der Waals surface area contributed by atoms with Gasteiger partial charge in [-0.3, -0.25) is 0 Å². The fraction of sp³-hybridized carbons (Fsp3) is 0.583. The molecule has 0 atom stereocenters. The minimum atomic E-state index is -0.268. The Hall–Kier alpha value is -1.05. The van der Waals surface area contributed by atoms with E-state index in [1.807, 2.05) is 6.92 Å². The van der Waals surface area contributed by atoms with Crippen molar-refractivity contribution in [1.29, 1.82) is 0 Å². The third-order valence-corrected chi connectivity index (χ3v) is 1.79. The highest BCUT2D eigenvalue weighted by Gasteiger charge is 1.92. The lowest BCUT2D eigenvalue weighted by Crippen LogP contribution is -1.98. The van der Waals surface area contributed by atoms with Crippen molar-refractivity contribution >= 4 is 5.97 Å². The van der Waals surface area contributed by atoms with Crippen LogP contribution in [0, 0.1) is 0 Å². The zero-order valence-electron chi connectivity index (χ0n) is 9.38. The summed E-state index contributed by atoms with van der Waals surface area (Å²) in [5.41, 5.74) is 1.12. The van der Waals surface area contributed by atoms with Gasteiger partial charge in [-0.2, -0.15) is 0 Å². The van der Waals surface area contributed by atoms with Crippen molar-refractivity contribution in [2.75, 3.05) is 6.61 Å². The molecule has 0 aliphatic carbocycles. The Labute approximate surface area is 86.6 Å². The number of hydrogen-bond donors (Lipinski definition) is 0. The second-order valence-electron chi connectivity index (χ2n) is 3.18. The first-order chi connectivity index (χ1) is 6.70. The van der Waals surface area contributed by atoms with Gasteiger partial charge in [0.05, 0.1) is 6.61 Å². The lowest BCUT2D eigenvalue weighted by molar-refractivity contribution is -0.137. The van der Waals surface area contributed by atoms with E-state index < -0.39 is 0 Å². The summed E-state index contributed by atoms with van der Waals surface area (Å²) in [6.07, 6.45) is 8.89. The lowest BCUT2D eigenvalue weighted by atomic mass is 10.2. The van der Waals surface area contributed by atoms with Crippen LogP contribution in [0.3, 0.4) is 0 Å². The van der Waals surface area contributed by atoms with Crippen LogP contribution in [0.1, 0.15) is 40.0 Å². The van der Waals surface area contributed by atoms with Crippen LogP contribution < -0.4 is 0 Å². The van der Waals surface area contributed by atoms with Crippen molar-refractivity contribution in [2.45, 2.75) is 40.0 Å². The van der Waals surface area contributed by atoms with Crippen LogP contribution in [0.25, 0.3) is 0 Å². The molecule has 2 nitrogen and oxygen atoms in total. The van der Waals surface area contributed by atoms with Gasteiger partial charge in [0.2, 0.25) is 0 Å². The number of allylic oxidation sites excluding steroid dienone is 3. The lowest BCUT2D eigenvalue weighted by Gasteiger charge is -1.95. The van der Waals surface area contributed by atoms with Crippen molar-refractivity contribution in [3.63, 3.8) is 0 Å². The molecule has 14 heavy (non-hydrogen) atoms. The molecule has 0 bridgehead atoms. The van der Waals surface area contributed by atoms with Gasteiger partial charge in [-0.15, -0.1) is 0 Å². The Balaban J connectivity index is 3.84. The van der Waals surface area contributed by atoms with Gasteiger partial charge in [-0.25, -0.2) is 4.79 Å². The monoisotopic (exact) mass is 196 g/mol. The van der Waals surface area contributed by atoms with Crippen LogP contribution in [-0.2, 0) is 9.53 Å². The van der Waals surface area contributed by atoms with Gasteiger partial charge < -0.3 is 4.74 Å². The molecule has 0 saturated heterocycles. The van der Waals surface area contributed by atoms with Gasteiger partial charge >= 0.3 is 5.97 Å². The van der Waals surface area contributed by atoms with Crippen LogP contribution in [0.4, 0.5) is 0 Å². The van der Waals surface area contributed by atoms with Crippen molar-refractivity contribution < 1.29 is 9.53 Å². The number of ether oxygens (including phenoxy) is 1. The van der Waals surface area contributed by atoms with E-state index in [-0.39, 0.29) is 5.97 Å². The molecule has 0 saturated carbocycles. The van der Waals surface area contributed by atoms with Gasteiger partial charge in [0.25, 0.3) is 0 Å². The fourth-order valence-electron chi connectivity index (χ4n) is 0.992. The van der Waals surface area contributed by atoms with Crippen LogP contribution in [0.15, 0.2) is 23.8 Å². The summed E-state index contributed by atoms with van der Waals surface area (Å²) in [5.74, 6) is -0.268. The topological polar surface area (TPSA) is 26.3 Å². The van der Waals surface area contributed by atoms with Crippen molar-refractivity contribution in [1.82, 2.24) is 0 Å². The second-order valence-corrected chi connectivity index (χ2v) is 3.18. The number of esters is 1. The zero-order valence-corrected chi connectivity index (χ0v) is 9.38. The molecule has 80 valence electrons. The molecule has 0 amide bonds. The Kier molecular flexibility index (Phi) is 7.90. The van der Waals surface area contributed by atoms with Crippen molar-refractivity contribution in [3.8, 4) is 0 Å². The third-order valence-electron chi connectivity index (χ3n) is 1.79. The quantitative estimate of drug-likeness (QED) is 0.282. The molecule has 0 fully saturated rings. The van der Waals surface area contributed by atoms with Crippen molar-refractivity contribution in [2.24, 2.45) is 0 Å². The van der Waals surface area contributed by atoms with Gasteiger partial charge in [-0.1, -0.05) is 37.5 Å². The first-order valence-corrected chi connectivity index (χ1v) is 5.22. The van der Waals surface area contributed by atoms with Crippen LogP contribution in [0.5, 0.6) is 0 Å².